The van der Waals surface area contributed by atoms with Crippen LogP contribution in [-0.4, -0.2) is 17.6 Å². The first-order chi connectivity index (χ1) is 10.4. The molecule has 2 aliphatic rings. The van der Waals surface area contributed by atoms with Gasteiger partial charge in [0.05, 0.1) is 24.3 Å². The second-order valence-corrected chi connectivity index (χ2v) is 6.05. The zero-order valence-electron chi connectivity index (χ0n) is 12.0. The van der Waals surface area contributed by atoms with Crippen molar-refractivity contribution in [3.63, 3.8) is 0 Å². The lowest BCUT2D eigenvalue weighted by Crippen LogP contribution is -2.17. The van der Waals surface area contributed by atoms with Gasteiger partial charge in [-0.2, -0.15) is 0 Å². The van der Waals surface area contributed by atoms with Gasteiger partial charge in [-0.3, -0.25) is 4.98 Å². The van der Waals surface area contributed by atoms with Gasteiger partial charge in [-0.25, -0.2) is 0 Å². The molecule has 0 amide bonds. The number of aromatic nitrogens is 1. The van der Waals surface area contributed by atoms with E-state index in [1.54, 1.807) is 6.26 Å². The highest BCUT2D eigenvalue weighted by Crippen LogP contribution is 2.47. The average molecular weight is 284 g/mol. The van der Waals surface area contributed by atoms with E-state index in [4.69, 9.17) is 9.15 Å². The lowest BCUT2D eigenvalue weighted by atomic mass is 10.2. The lowest BCUT2D eigenvalue weighted by Gasteiger charge is -2.06. The van der Waals surface area contributed by atoms with Crippen LogP contribution in [0.4, 0.5) is 0 Å². The van der Waals surface area contributed by atoms with Crippen LogP contribution in [0, 0.1) is 5.92 Å². The first-order valence-electron chi connectivity index (χ1n) is 7.74. The zero-order valence-corrected chi connectivity index (χ0v) is 12.0. The minimum absolute atomic E-state index is 0.434. The van der Waals surface area contributed by atoms with E-state index in [0.717, 1.165) is 30.3 Å². The van der Waals surface area contributed by atoms with Gasteiger partial charge in [0.1, 0.15) is 11.5 Å². The van der Waals surface area contributed by atoms with Crippen LogP contribution in [0.5, 0.6) is 5.75 Å². The molecular formula is C17H20N2O2. The molecule has 2 fully saturated rings. The summed E-state index contributed by atoms with van der Waals surface area (Å²) in [5.74, 6) is 3.33. The van der Waals surface area contributed by atoms with Crippen molar-refractivity contribution in [1.82, 2.24) is 10.3 Å². The van der Waals surface area contributed by atoms with E-state index in [1.807, 2.05) is 24.4 Å². The molecule has 0 bridgehead atoms. The Morgan fingerprint density at radius 1 is 1.29 bits per heavy atom. The molecule has 110 valence electrons. The summed E-state index contributed by atoms with van der Waals surface area (Å²) in [7, 11) is 0. The Hall–Kier alpha value is -1.81. The van der Waals surface area contributed by atoms with Crippen molar-refractivity contribution in [2.24, 2.45) is 5.92 Å². The molecule has 1 N–H and O–H groups in total. The Morgan fingerprint density at radius 3 is 2.95 bits per heavy atom. The number of hydrogen-bond donors (Lipinski definition) is 1. The second-order valence-electron chi connectivity index (χ2n) is 6.05. The molecule has 2 saturated carbocycles. The van der Waals surface area contributed by atoms with Gasteiger partial charge in [-0.1, -0.05) is 0 Å². The zero-order chi connectivity index (χ0) is 14.1. The number of nitrogens with zero attached hydrogens (tertiary/aromatic N) is 1. The molecule has 2 aliphatic carbocycles. The van der Waals surface area contributed by atoms with Crippen LogP contribution >= 0.6 is 0 Å². The Labute approximate surface area is 124 Å². The van der Waals surface area contributed by atoms with Crippen molar-refractivity contribution in [1.29, 1.82) is 0 Å². The maximum absolute atomic E-state index is 5.70. The third-order valence-electron chi connectivity index (χ3n) is 4.17. The van der Waals surface area contributed by atoms with Crippen LogP contribution in [-0.2, 0) is 6.54 Å². The summed E-state index contributed by atoms with van der Waals surface area (Å²) in [5, 5.41) is 3.48. The van der Waals surface area contributed by atoms with Gasteiger partial charge in [0.15, 0.2) is 0 Å². The van der Waals surface area contributed by atoms with Crippen LogP contribution in [0.3, 0.4) is 0 Å². The van der Waals surface area contributed by atoms with E-state index in [-0.39, 0.29) is 0 Å². The van der Waals surface area contributed by atoms with E-state index in [1.165, 1.54) is 19.3 Å². The summed E-state index contributed by atoms with van der Waals surface area (Å²) >= 11 is 0. The van der Waals surface area contributed by atoms with Gasteiger partial charge in [-0.15, -0.1) is 0 Å². The normalized spacial score (nSPS) is 24.0. The minimum atomic E-state index is 0.434. The van der Waals surface area contributed by atoms with E-state index in [9.17, 15) is 0 Å². The van der Waals surface area contributed by atoms with Crippen LogP contribution in [0.15, 0.2) is 41.1 Å². The van der Waals surface area contributed by atoms with Crippen molar-refractivity contribution < 1.29 is 9.15 Å². The predicted octanol–water partition coefficient (Wildman–Crippen LogP) is 3.11. The molecule has 2 aromatic rings. The molecule has 2 aromatic heterocycles. The molecule has 0 saturated heterocycles. The topological polar surface area (TPSA) is 47.3 Å². The molecule has 0 unspecified atom stereocenters. The van der Waals surface area contributed by atoms with Crippen molar-refractivity contribution in [3.8, 4) is 5.75 Å². The highest BCUT2D eigenvalue weighted by Gasteiger charge is 2.39. The van der Waals surface area contributed by atoms with Gasteiger partial charge in [0.25, 0.3) is 0 Å². The maximum Gasteiger partial charge on any atom is 0.138 e. The fraction of sp³-hybridized carbons (Fsp3) is 0.471. The standard InChI is InChI=1S/C17H20N2O2/c1-2-17(20-7-1)16-8-12(16)9-18-10-13-3-4-15(11-19-13)21-14-5-6-14/h1-4,7,11-12,14,16,18H,5-6,8-10H2/t12-,16+/m0/s1. The van der Waals surface area contributed by atoms with E-state index < -0.39 is 0 Å². The number of ether oxygens (including phenoxy) is 1. The second kappa shape index (κ2) is 5.53. The molecule has 0 aromatic carbocycles. The first-order valence-corrected chi connectivity index (χ1v) is 7.74. The Bertz CT molecular complexity index is 575. The van der Waals surface area contributed by atoms with Crippen molar-refractivity contribution in [2.45, 2.75) is 37.8 Å². The molecule has 2 atom stereocenters. The molecule has 0 spiro atoms. The quantitative estimate of drug-likeness (QED) is 0.848. The summed E-state index contributed by atoms with van der Waals surface area (Å²) in [6.07, 6.45) is 7.61. The molecule has 0 radical (unpaired) electrons. The van der Waals surface area contributed by atoms with Crippen LogP contribution in [0.1, 0.15) is 36.6 Å². The predicted molar refractivity (Wildman–Crippen MR) is 79.1 cm³/mol. The smallest absolute Gasteiger partial charge is 0.138 e. The van der Waals surface area contributed by atoms with Gasteiger partial charge in [0, 0.05) is 12.5 Å². The highest BCUT2D eigenvalue weighted by atomic mass is 16.5. The molecule has 21 heavy (non-hydrogen) atoms. The number of nitrogens with one attached hydrogen (secondary N) is 1. The number of rotatable bonds is 7. The molecule has 4 rings (SSSR count). The number of furan rings is 1. The molecule has 4 heteroatoms. The van der Waals surface area contributed by atoms with Crippen LogP contribution in [0.2, 0.25) is 0 Å². The van der Waals surface area contributed by atoms with Crippen molar-refractivity contribution >= 4 is 0 Å². The third-order valence-corrected chi connectivity index (χ3v) is 4.17. The van der Waals surface area contributed by atoms with E-state index in [2.05, 4.69) is 16.4 Å². The SMILES string of the molecule is c1coc([C@@H]2C[C@H]2CNCc2ccc(OC3CC3)cn2)c1. The molecule has 2 heterocycles. The summed E-state index contributed by atoms with van der Waals surface area (Å²) < 4.78 is 11.1. The van der Waals surface area contributed by atoms with Crippen molar-refractivity contribution in [2.75, 3.05) is 6.54 Å². The molecular weight excluding hydrogens is 264 g/mol. The third kappa shape index (κ3) is 3.27. The van der Waals surface area contributed by atoms with Gasteiger partial charge in [0.2, 0.25) is 0 Å². The number of hydrogen-bond acceptors (Lipinski definition) is 4. The lowest BCUT2D eigenvalue weighted by molar-refractivity contribution is 0.302. The summed E-state index contributed by atoms with van der Waals surface area (Å²) in [5.41, 5.74) is 1.06. The molecule has 4 nitrogen and oxygen atoms in total. The number of pyridine rings is 1. The highest BCUT2D eigenvalue weighted by molar-refractivity contribution is 5.21. The van der Waals surface area contributed by atoms with Crippen LogP contribution in [0.25, 0.3) is 0 Å². The monoisotopic (exact) mass is 284 g/mol. The van der Waals surface area contributed by atoms with Gasteiger partial charge < -0.3 is 14.5 Å². The van der Waals surface area contributed by atoms with E-state index >= 15 is 0 Å². The van der Waals surface area contributed by atoms with Crippen LogP contribution < -0.4 is 10.1 Å². The Balaban J connectivity index is 1.20. The molecule has 0 aliphatic heterocycles. The van der Waals surface area contributed by atoms with Gasteiger partial charge in [-0.05, 0) is 56.0 Å². The Morgan fingerprint density at radius 2 is 2.24 bits per heavy atom. The largest absolute Gasteiger partial charge is 0.489 e. The fourth-order valence-corrected chi connectivity index (χ4v) is 2.67. The minimum Gasteiger partial charge on any atom is -0.489 e. The summed E-state index contributed by atoms with van der Waals surface area (Å²) in [6.45, 7) is 1.83. The summed E-state index contributed by atoms with van der Waals surface area (Å²) in [6, 6.07) is 8.10. The Kier molecular flexibility index (Phi) is 3.39. The van der Waals surface area contributed by atoms with Crippen molar-refractivity contribution in [3.05, 3.63) is 48.2 Å². The van der Waals surface area contributed by atoms with Gasteiger partial charge >= 0.3 is 0 Å². The fourth-order valence-electron chi connectivity index (χ4n) is 2.67. The average Bonchev–Trinajstić information content (AvgIpc) is 3.42. The maximum atomic E-state index is 5.70. The van der Waals surface area contributed by atoms with E-state index in [0.29, 0.717) is 17.9 Å². The summed E-state index contributed by atoms with van der Waals surface area (Å²) in [4.78, 5) is 4.44. The first kappa shape index (κ1) is 12.9.